The van der Waals surface area contributed by atoms with Crippen LogP contribution in [-0.4, -0.2) is 94.2 Å². The number of hydrogen-bond donors (Lipinski definition) is 2. The topological polar surface area (TPSA) is 151 Å². The van der Waals surface area contributed by atoms with Crippen LogP contribution in [0.25, 0.3) is 11.4 Å². The SMILES string of the molecule is COC(=O)c1ccc(C[C@H](NC(=O)c2cc(OC3CCCC3)nc(-c3ccccc3)n2)C(=O)N2CCN(C(=O)O)CC2)cc1. The molecule has 2 heterocycles. The van der Waals surface area contributed by atoms with E-state index in [0.717, 1.165) is 25.7 Å². The summed E-state index contributed by atoms with van der Waals surface area (Å²) in [7, 11) is 1.30. The second kappa shape index (κ2) is 14.0. The Morgan fingerprint density at radius 2 is 1.59 bits per heavy atom. The maximum atomic E-state index is 13.8. The van der Waals surface area contributed by atoms with Gasteiger partial charge in [0.1, 0.15) is 17.8 Å². The van der Waals surface area contributed by atoms with E-state index in [1.165, 1.54) is 18.1 Å². The number of esters is 1. The molecule has 1 saturated heterocycles. The summed E-state index contributed by atoms with van der Waals surface area (Å²) in [6.07, 6.45) is 3.06. The standard InChI is InChI=1S/C32H35N5O7/c1-43-31(40)23-13-11-21(12-14-23)19-26(30(39)36-15-17-37(18-16-36)32(41)42)34-29(38)25-20-27(44-24-9-5-6-10-24)35-28(33-25)22-7-3-2-4-8-22/h2-4,7-8,11-14,20,24,26H,5-6,9-10,15-19H2,1H3,(H,34,38)(H,41,42)/t26-/m0/s1. The number of carbonyl (C=O) groups is 4. The highest BCUT2D eigenvalue weighted by Crippen LogP contribution is 2.25. The summed E-state index contributed by atoms with van der Waals surface area (Å²) in [5.41, 5.74) is 1.84. The quantitative estimate of drug-likeness (QED) is 0.352. The first-order valence-electron chi connectivity index (χ1n) is 14.7. The number of hydrogen-bond acceptors (Lipinski definition) is 8. The molecule has 0 bridgehead atoms. The van der Waals surface area contributed by atoms with Gasteiger partial charge in [-0.1, -0.05) is 42.5 Å². The second-order valence-corrected chi connectivity index (χ2v) is 10.8. The van der Waals surface area contributed by atoms with Crippen molar-refractivity contribution in [3.8, 4) is 17.3 Å². The summed E-state index contributed by atoms with van der Waals surface area (Å²) in [6, 6.07) is 16.4. The Labute approximate surface area is 255 Å². The average molecular weight is 602 g/mol. The van der Waals surface area contributed by atoms with Gasteiger partial charge in [-0.2, -0.15) is 4.98 Å². The minimum atomic E-state index is -1.04. The zero-order valence-corrected chi connectivity index (χ0v) is 24.5. The number of rotatable bonds is 9. The zero-order chi connectivity index (χ0) is 31.1. The maximum absolute atomic E-state index is 13.8. The molecule has 1 atom stereocenters. The number of piperazine rings is 1. The molecule has 1 aromatic heterocycles. The highest BCUT2D eigenvalue weighted by Gasteiger charge is 2.31. The molecule has 1 aliphatic heterocycles. The van der Waals surface area contributed by atoms with E-state index in [-0.39, 0.29) is 50.3 Å². The van der Waals surface area contributed by atoms with Crippen molar-refractivity contribution >= 4 is 23.9 Å². The Bertz CT molecular complexity index is 1480. The third-order valence-electron chi connectivity index (χ3n) is 7.84. The van der Waals surface area contributed by atoms with Gasteiger partial charge in [-0.25, -0.2) is 14.6 Å². The van der Waals surface area contributed by atoms with Crippen molar-refractivity contribution in [2.75, 3.05) is 33.3 Å². The second-order valence-electron chi connectivity index (χ2n) is 10.8. The average Bonchev–Trinajstić information content (AvgIpc) is 3.57. The van der Waals surface area contributed by atoms with Crippen LogP contribution in [0.5, 0.6) is 5.88 Å². The molecule has 1 aliphatic carbocycles. The Hall–Kier alpha value is -5.00. The van der Waals surface area contributed by atoms with Crippen LogP contribution in [0.1, 0.15) is 52.1 Å². The first-order valence-corrected chi connectivity index (χ1v) is 14.7. The third kappa shape index (κ3) is 7.49. The molecule has 230 valence electrons. The highest BCUT2D eigenvalue weighted by atomic mass is 16.5. The minimum Gasteiger partial charge on any atom is -0.474 e. The lowest BCUT2D eigenvalue weighted by molar-refractivity contribution is -0.134. The van der Waals surface area contributed by atoms with Crippen LogP contribution in [-0.2, 0) is 16.0 Å². The third-order valence-corrected chi connectivity index (χ3v) is 7.84. The molecular weight excluding hydrogens is 566 g/mol. The Morgan fingerprint density at radius 3 is 2.23 bits per heavy atom. The first-order chi connectivity index (χ1) is 21.3. The summed E-state index contributed by atoms with van der Waals surface area (Å²) in [5, 5.41) is 12.2. The lowest BCUT2D eigenvalue weighted by Gasteiger charge is -2.35. The monoisotopic (exact) mass is 601 g/mol. The maximum Gasteiger partial charge on any atom is 0.407 e. The number of amides is 3. The van der Waals surface area contributed by atoms with Crippen molar-refractivity contribution in [3.05, 3.63) is 77.5 Å². The van der Waals surface area contributed by atoms with Gasteiger partial charge in [0.05, 0.1) is 12.7 Å². The van der Waals surface area contributed by atoms with E-state index in [4.69, 9.17) is 9.47 Å². The first kappa shape index (κ1) is 30.5. The van der Waals surface area contributed by atoms with Gasteiger partial charge in [-0.3, -0.25) is 9.59 Å². The summed E-state index contributed by atoms with van der Waals surface area (Å²) >= 11 is 0. The molecule has 2 N–H and O–H groups in total. The fourth-order valence-electron chi connectivity index (χ4n) is 5.40. The van der Waals surface area contributed by atoms with Crippen molar-refractivity contribution in [1.82, 2.24) is 25.1 Å². The molecule has 44 heavy (non-hydrogen) atoms. The van der Waals surface area contributed by atoms with Gasteiger partial charge in [-0.05, 0) is 43.4 Å². The fraction of sp³-hybridized carbons (Fsp3) is 0.375. The number of methoxy groups -OCH3 is 1. The normalized spacial score (nSPS) is 15.8. The molecule has 3 aromatic rings. The smallest absolute Gasteiger partial charge is 0.407 e. The van der Waals surface area contributed by atoms with Crippen LogP contribution in [0, 0.1) is 0 Å². The molecule has 12 heteroatoms. The highest BCUT2D eigenvalue weighted by molar-refractivity contribution is 5.97. The molecule has 2 fully saturated rings. The van der Waals surface area contributed by atoms with Crippen molar-refractivity contribution in [1.29, 1.82) is 0 Å². The molecule has 5 rings (SSSR count). The molecule has 0 radical (unpaired) electrons. The molecule has 2 aliphatic rings. The largest absolute Gasteiger partial charge is 0.474 e. The van der Waals surface area contributed by atoms with E-state index >= 15 is 0 Å². The van der Waals surface area contributed by atoms with E-state index in [9.17, 15) is 24.3 Å². The molecule has 1 saturated carbocycles. The van der Waals surface area contributed by atoms with Crippen LogP contribution < -0.4 is 10.1 Å². The summed E-state index contributed by atoms with van der Waals surface area (Å²) in [4.78, 5) is 62.7. The van der Waals surface area contributed by atoms with Crippen molar-refractivity contribution < 1.29 is 33.8 Å². The van der Waals surface area contributed by atoms with Crippen LogP contribution in [0.4, 0.5) is 4.79 Å². The van der Waals surface area contributed by atoms with E-state index in [2.05, 4.69) is 15.3 Å². The Morgan fingerprint density at radius 1 is 0.932 bits per heavy atom. The van der Waals surface area contributed by atoms with E-state index < -0.39 is 24.0 Å². The predicted octanol–water partition coefficient (Wildman–Crippen LogP) is 3.41. The number of carboxylic acid groups (broad SMARTS) is 1. The molecule has 2 aromatic carbocycles. The number of nitrogens with one attached hydrogen (secondary N) is 1. The number of benzene rings is 2. The van der Waals surface area contributed by atoms with Crippen molar-refractivity contribution in [2.24, 2.45) is 0 Å². The van der Waals surface area contributed by atoms with Gasteiger partial charge in [0.15, 0.2) is 5.82 Å². The van der Waals surface area contributed by atoms with Gasteiger partial charge in [0, 0.05) is 44.2 Å². The summed E-state index contributed by atoms with van der Waals surface area (Å²) < 4.78 is 10.9. The Kier molecular flexibility index (Phi) is 9.68. The molecule has 0 unspecified atom stereocenters. The van der Waals surface area contributed by atoms with Gasteiger partial charge in [0.25, 0.3) is 5.91 Å². The predicted molar refractivity (Wildman–Crippen MR) is 159 cm³/mol. The summed E-state index contributed by atoms with van der Waals surface area (Å²) in [5.74, 6) is -0.781. The van der Waals surface area contributed by atoms with Gasteiger partial charge >= 0.3 is 12.1 Å². The zero-order valence-electron chi connectivity index (χ0n) is 24.5. The van der Waals surface area contributed by atoms with Crippen molar-refractivity contribution in [3.63, 3.8) is 0 Å². The Balaban J connectivity index is 1.41. The van der Waals surface area contributed by atoms with Crippen LogP contribution in [0.2, 0.25) is 0 Å². The molecular formula is C32H35N5O7. The van der Waals surface area contributed by atoms with E-state index in [1.54, 1.807) is 29.2 Å². The fourth-order valence-corrected chi connectivity index (χ4v) is 5.40. The van der Waals surface area contributed by atoms with Gasteiger partial charge < -0.3 is 29.7 Å². The van der Waals surface area contributed by atoms with Crippen LogP contribution >= 0.6 is 0 Å². The molecule has 0 spiro atoms. The van der Waals surface area contributed by atoms with Crippen LogP contribution in [0.15, 0.2) is 60.7 Å². The molecule has 3 amide bonds. The van der Waals surface area contributed by atoms with Gasteiger partial charge in [-0.15, -0.1) is 0 Å². The lowest BCUT2D eigenvalue weighted by Crippen LogP contribution is -2.56. The number of nitrogens with zero attached hydrogens (tertiary/aromatic N) is 4. The number of carbonyl (C=O) groups excluding carboxylic acids is 3. The van der Waals surface area contributed by atoms with Crippen molar-refractivity contribution in [2.45, 2.75) is 44.2 Å². The number of aromatic nitrogens is 2. The summed E-state index contributed by atoms with van der Waals surface area (Å²) in [6.45, 7) is 0.737. The minimum absolute atomic E-state index is 0.0104. The number of ether oxygens (including phenoxy) is 2. The molecule has 12 nitrogen and oxygen atoms in total. The lowest BCUT2D eigenvalue weighted by atomic mass is 10.0. The van der Waals surface area contributed by atoms with E-state index in [1.807, 2.05) is 30.3 Å². The van der Waals surface area contributed by atoms with Crippen LogP contribution in [0.3, 0.4) is 0 Å². The van der Waals surface area contributed by atoms with E-state index in [0.29, 0.717) is 28.4 Å². The van der Waals surface area contributed by atoms with Gasteiger partial charge in [0.2, 0.25) is 11.8 Å².